The van der Waals surface area contributed by atoms with Crippen LogP contribution in [0.1, 0.15) is 24.3 Å². The zero-order valence-electron chi connectivity index (χ0n) is 13.0. The van der Waals surface area contributed by atoms with E-state index in [-0.39, 0.29) is 11.4 Å². The van der Waals surface area contributed by atoms with Crippen LogP contribution >= 0.6 is 0 Å². The van der Waals surface area contributed by atoms with Crippen molar-refractivity contribution in [1.29, 1.82) is 0 Å². The first-order chi connectivity index (χ1) is 9.81. The van der Waals surface area contributed by atoms with E-state index in [0.717, 1.165) is 10.9 Å². The van der Waals surface area contributed by atoms with Crippen molar-refractivity contribution in [2.45, 2.75) is 19.4 Å². The lowest BCUT2D eigenvalue weighted by Gasteiger charge is -2.32. The number of pyridine rings is 1. The van der Waals surface area contributed by atoms with Crippen LogP contribution in [0.4, 0.5) is 5.69 Å². The van der Waals surface area contributed by atoms with E-state index in [0.29, 0.717) is 17.9 Å². The lowest BCUT2D eigenvalue weighted by atomic mass is 10.0. The van der Waals surface area contributed by atoms with E-state index in [1.807, 2.05) is 38.4 Å². The molecule has 0 aliphatic heterocycles. The van der Waals surface area contributed by atoms with Crippen LogP contribution in [-0.4, -0.2) is 42.0 Å². The third kappa shape index (κ3) is 3.31. The Hall–Kier alpha value is -2.14. The first-order valence-electron chi connectivity index (χ1n) is 6.92. The summed E-state index contributed by atoms with van der Waals surface area (Å²) in [7, 11) is 3.97. The van der Waals surface area contributed by atoms with Crippen molar-refractivity contribution < 1.29 is 4.79 Å². The summed E-state index contributed by atoms with van der Waals surface area (Å²) < 4.78 is 0. The molecular formula is C16H22N4O. The van der Waals surface area contributed by atoms with Crippen LogP contribution in [0, 0.1) is 0 Å². The van der Waals surface area contributed by atoms with Crippen LogP contribution in [0.5, 0.6) is 0 Å². The number of amides is 1. The van der Waals surface area contributed by atoms with Crippen molar-refractivity contribution in [2.75, 3.05) is 26.4 Å². The quantitative estimate of drug-likeness (QED) is 0.900. The van der Waals surface area contributed by atoms with E-state index in [1.165, 1.54) is 0 Å². The van der Waals surface area contributed by atoms with Gasteiger partial charge in [0.25, 0.3) is 5.91 Å². The highest BCUT2D eigenvalue weighted by Gasteiger charge is 2.22. The summed E-state index contributed by atoms with van der Waals surface area (Å²) in [6.07, 6.45) is 0. The van der Waals surface area contributed by atoms with Crippen LogP contribution in [0.3, 0.4) is 0 Å². The van der Waals surface area contributed by atoms with Gasteiger partial charge in [0.15, 0.2) is 0 Å². The lowest BCUT2D eigenvalue weighted by Crippen LogP contribution is -2.48. The molecule has 21 heavy (non-hydrogen) atoms. The summed E-state index contributed by atoms with van der Waals surface area (Å²) in [6.45, 7) is 4.66. The molecule has 1 heterocycles. The maximum absolute atomic E-state index is 12.3. The van der Waals surface area contributed by atoms with E-state index in [1.54, 1.807) is 6.07 Å². The SMILES string of the molecule is CN(C)C(C)(C)CNC(=O)c1cc(N)c2ccccc2n1. The molecule has 0 aliphatic carbocycles. The molecule has 0 radical (unpaired) electrons. The maximum atomic E-state index is 12.3. The molecule has 2 aromatic rings. The van der Waals surface area contributed by atoms with E-state index in [9.17, 15) is 4.79 Å². The summed E-state index contributed by atoms with van der Waals surface area (Å²) in [4.78, 5) is 18.7. The fraction of sp³-hybridized carbons (Fsp3) is 0.375. The molecule has 0 unspecified atom stereocenters. The van der Waals surface area contributed by atoms with Gasteiger partial charge in [-0.15, -0.1) is 0 Å². The first kappa shape index (κ1) is 15.3. The van der Waals surface area contributed by atoms with Gasteiger partial charge in [0.1, 0.15) is 5.69 Å². The van der Waals surface area contributed by atoms with Crippen LogP contribution in [0.25, 0.3) is 10.9 Å². The second kappa shape index (κ2) is 5.69. The van der Waals surface area contributed by atoms with Gasteiger partial charge in [-0.3, -0.25) is 4.79 Å². The molecule has 0 aliphatic rings. The molecule has 0 saturated carbocycles. The van der Waals surface area contributed by atoms with Gasteiger partial charge in [-0.05, 0) is 40.1 Å². The molecule has 0 bridgehead atoms. The number of fused-ring (bicyclic) bond motifs is 1. The van der Waals surface area contributed by atoms with Crippen molar-refractivity contribution in [3.63, 3.8) is 0 Å². The van der Waals surface area contributed by atoms with Gasteiger partial charge < -0.3 is 16.0 Å². The molecule has 0 atom stereocenters. The lowest BCUT2D eigenvalue weighted by molar-refractivity contribution is 0.0915. The number of nitrogens with one attached hydrogen (secondary N) is 1. The minimum absolute atomic E-state index is 0.127. The summed E-state index contributed by atoms with van der Waals surface area (Å²) in [6, 6.07) is 9.16. The average Bonchev–Trinajstić information content (AvgIpc) is 2.44. The predicted octanol–water partition coefficient (Wildman–Crippen LogP) is 1.89. The van der Waals surface area contributed by atoms with Crippen LogP contribution < -0.4 is 11.1 Å². The van der Waals surface area contributed by atoms with Crippen molar-refractivity contribution >= 4 is 22.5 Å². The molecule has 0 fully saturated rings. The molecule has 1 aromatic heterocycles. The minimum atomic E-state index is -0.206. The summed E-state index contributed by atoms with van der Waals surface area (Å²) in [5.74, 6) is -0.206. The number of likely N-dealkylation sites (N-methyl/N-ethyl adjacent to an activating group) is 1. The van der Waals surface area contributed by atoms with E-state index >= 15 is 0 Å². The molecule has 0 saturated heterocycles. The molecule has 1 aromatic carbocycles. The number of rotatable bonds is 4. The van der Waals surface area contributed by atoms with Gasteiger partial charge in [-0.25, -0.2) is 4.98 Å². The third-order valence-corrected chi connectivity index (χ3v) is 3.87. The normalized spacial score (nSPS) is 11.9. The van der Waals surface area contributed by atoms with Crippen molar-refractivity contribution in [3.8, 4) is 0 Å². The number of para-hydroxylation sites is 1. The average molecular weight is 286 g/mol. The fourth-order valence-electron chi connectivity index (χ4n) is 1.86. The number of nitrogen functional groups attached to an aromatic ring is 1. The molecule has 0 spiro atoms. The highest BCUT2D eigenvalue weighted by atomic mass is 16.1. The molecule has 5 nitrogen and oxygen atoms in total. The van der Waals surface area contributed by atoms with E-state index in [2.05, 4.69) is 29.0 Å². The zero-order chi connectivity index (χ0) is 15.6. The minimum Gasteiger partial charge on any atom is -0.398 e. The maximum Gasteiger partial charge on any atom is 0.270 e. The molecule has 3 N–H and O–H groups in total. The molecule has 1 amide bonds. The number of hydrogen-bond donors (Lipinski definition) is 2. The van der Waals surface area contributed by atoms with E-state index < -0.39 is 0 Å². The summed E-state index contributed by atoms with van der Waals surface area (Å²) in [5.41, 5.74) is 7.52. The number of carbonyl (C=O) groups excluding carboxylic acids is 1. The number of nitrogens with two attached hydrogens (primary N) is 1. The van der Waals surface area contributed by atoms with Crippen molar-refractivity contribution in [2.24, 2.45) is 0 Å². The first-order valence-corrected chi connectivity index (χ1v) is 6.92. The fourth-order valence-corrected chi connectivity index (χ4v) is 1.86. The standard InChI is InChI=1S/C16H22N4O/c1-16(2,20(3)4)10-18-15(21)14-9-12(17)11-7-5-6-8-13(11)19-14/h5-9H,10H2,1-4H3,(H2,17,19)(H,18,21). The molecule has 112 valence electrons. The summed E-state index contributed by atoms with van der Waals surface area (Å²) >= 11 is 0. The Morgan fingerprint density at radius 2 is 2.00 bits per heavy atom. The zero-order valence-corrected chi connectivity index (χ0v) is 13.0. The summed E-state index contributed by atoms with van der Waals surface area (Å²) in [5, 5.41) is 3.78. The number of aromatic nitrogens is 1. The van der Waals surface area contributed by atoms with E-state index in [4.69, 9.17) is 5.73 Å². The Kier molecular flexibility index (Phi) is 4.14. The smallest absolute Gasteiger partial charge is 0.270 e. The Morgan fingerprint density at radius 3 is 2.67 bits per heavy atom. The Morgan fingerprint density at radius 1 is 1.33 bits per heavy atom. The molecule has 2 rings (SSSR count). The second-order valence-corrected chi connectivity index (χ2v) is 6.00. The predicted molar refractivity (Wildman–Crippen MR) is 86.3 cm³/mol. The Bertz CT molecular complexity index is 664. The highest BCUT2D eigenvalue weighted by Crippen LogP contribution is 2.20. The number of anilines is 1. The third-order valence-electron chi connectivity index (χ3n) is 3.87. The van der Waals surface area contributed by atoms with Gasteiger partial charge in [0.2, 0.25) is 0 Å². The van der Waals surface area contributed by atoms with Gasteiger partial charge in [0.05, 0.1) is 5.52 Å². The number of hydrogen-bond acceptors (Lipinski definition) is 4. The molecular weight excluding hydrogens is 264 g/mol. The van der Waals surface area contributed by atoms with Crippen molar-refractivity contribution in [1.82, 2.24) is 15.2 Å². The number of carbonyl (C=O) groups is 1. The van der Waals surface area contributed by atoms with Crippen molar-refractivity contribution in [3.05, 3.63) is 36.0 Å². The van der Waals surface area contributed by atoms with Crippen LogP contribution in [-0.2, 0) is 0 Å². The van der Waals surface area contributed by atoms with Gasteiger partial charge in [-0.2, -0.15) is 0 Å². The second-order valence-electron chi connectivity index (χ2n) is 6.00. The monoisotopic (exact) mass is 286 g/mol. The van der Waals surface area contributed by atoms with Gasteiger partial charge in [0, 0.05) is 23.2 Å². The van der Waals surface area contributed by atoms with Gasteiger partial charge in [-0.1, -0.05) is 18.2 Å². The topological polar surface area (TPSA) is 71.2 Å². The Balaban J connectivity index is 2.20. The largest absolute Gasteiger partial charge is 0.398 e. The van der Waals surface area contributed by atoms with Gasteiger partial charge >= 0.3 is 0 Å². The number of nitrogens with zero attached hydrogens (tertiary/aromatic N) is 2. The Labute approximate surface area is 125 Å². The molecule has 5 heteroatoms. The van der Waals surface area contributed by atoms with Crippen LogP contribution in [0.2, 0.25) is 0 Å². The van der Waals surface area contributed by atoms with Crippen LogP contribution in [0.15, 0.2) is 30.3 Å². The number of benzene rings is 1. The highest BCUT2D eigenvalue weighted by molar-refractivity contribution is 5.99.